The summed E-state index contributed by atoms with van der Waals surface area (Å²) in [6, 6.07) is 9.78. The molecule has 0 aromatic heterocycles. The van der Waals surface area contributed by atoms with E-state index in [-0.39, 0.29) is 12.2 Å². The number of nitriles is 1. The maximum Gasteiger partial charge on any atom is 0.145 e. The number of nitrogens with zero attached hydrogens (tertiary/aromatic N) is 1. The number of benzene rings is 2. The molecular weight excluding hydrogens is 323 g/mol. The second-order valence-electron chi connectivity index (χ2n) is 4.35. The average Bonchev–Trinajstić information content (AvgIpc) is 2.39. The van der Waals surface area contributed by atoms with Crippen LogP contribution in [0.4, 0.5) is 10.1 Å². The van der Waals surface area contributed by atoms with Gasteiger partial charge in [0.05, 0.1) is 17.3 Å². The van der Waals surface area contributed by atoms with Gasteiger partial charge in [-0.05, 0) is 36.8 Å². The lowest BCUT2D eigenvalue weighted by Crippen LogP contribution is -2.02. The maximum atomic E-state index is 13.7. The fourth-order valence-electron chi connectivity index (χ4n) is 1.84. The summed E-state index contributed by atoms with van der Waals surface area (Å²) >= 11 is 3.34. The Kier molecular flexibility index (Phi) is 4.26. The molecule has 102 valence electrons. The predicted molar refractivity (Wildman–Crippen MR) is 78.7 cm³/mol. The lowest BCUT2D eigenvalue weighted by Gasteiger charge is -2.13. The van der Waals surface area contributed by atoms with Gasteiger partial charge >= 0.3 is 0 Å². The van der Waals surface area contributed by atoms with E-state index in [1.807, 2.05) is 19.1 Å². The Bertz CT molecular complexity index is 672. The molecule has 2 N–H and O–H groups in total. The van der Waals surface area contributed by atoms with E-state index in [0.717, 1.165) is 10.0 Å². The van der Waals surface area contributed by atoms with Gasteiger partial charge in [-0.2, -0.15) is 5.26 Å². The molecule has 0 bridgehead atoms. The van der Waals surface area contributed by atoms with Gasteiger partial charge in [0.1, 0.15) is 18.2 Å². The molecule has 20 heavy (non-hydrogen) atoms. The van der Waals surface area contributed by atoms with Gasteiger partial charge < -0.3 is 10.5 Å². The monoisotopic (exact) mass is 334 g/mol. The van der Waals surface area contributed by atoms with Crippen LogP contribution in [0.1, 0.15) is 16.7 Å². The fraction of sp³-hybridized carbons (Fsp3) is 0.133. The van der Waals surface area contributed by atoms with Crippen LogP contribution in [-0.2, 0) is 6.61 Å². The fourth-order valence-corrected chi connectivity index (χ4v) is 2.43. The Morgan fingerprint density at radius 3 is 2.70 bits per heavy atom. The first-order chi connectivity index (χ1) is 9.51. The van der Waals surface area contributed by atoms with Crippen molar-refractivity contribution in [1.29, 1.82) is 5.26 Å². The second-order valence-corrected chi connectivity index (χ2v) is 5.26. The van der Waals surface area contributed by atoms with E-state index in [9.17, 15) is 4.39 Å². The highest BCUT2D eigenvalue weighted by molar-refractivity contribution is 9.10. The van der Waals surface area contributed by atoms with Gasteiger partial charge in [-0.3, -0.25) is 0 Å². The summed E-state index contributed by atoms with van der Waals surface area (Å²) in [6.07, 6.45) is 0. The minimum absolute atomic E-state index is 0.0597. The largest absolute Gasteiger partial charge is 0.486 e. The van der Waals surface area contributed by atoms with Crippen molar-refractivity contribution in [3.05, 3.63) is 57.3 Å². The van der Waals surface area contributed by atoms with Crippen LogP contribution in [0.25, 0.3) is 0 Å². The van der Waals surface area contributed by atoms with Gasteiger partial charge in [0.25, 0.3) is 0 Å². The van der Waals surface area contributed by atoms with Crippen LogP contribution in [0.2, 0.25) is 0 Å². The molecule has 0 radical (unpaired) electrons. The number of hydrogen-bond acceptors (Lipinski definition) is 3. The van der Waals surface area contributed by atoms with Gasteiger partial charge in [0.2, 0.25) is 0 Å². The van der Waals surface area contributed by atoms with Crippen molar-refractivity contribution in [2.75, 3.05) is 5.73 Å². The SMILES string of the molecule is Cc1cc(Br)cc(N)c1OCc1ccc(C#N)cc1F. The van der Waals surface area contributed by atoms with E-state index in [1.165, 1.54) is 12.1 Å². The molecule has 3 nitrogen and oxygen atoms in total. The summed E-state index contributed by atoms with van der Waals surface area (Å²) in [7, 11) is 0. The minimum atomic E-state index is -0.461. The maximum absolute atomic E-state index is 13.7. The summed E-state index contributed by atoms with van der Waals surface area (Å²) in [6.45, 7) is 1.93. The van der Waals surface area contributed by atoms with Crippen LogP contribution < -0.4 is 10.5 Å². The molecular formula is C15H12BrFN2O. The van der Waals surface area contributed by atoms with Crippen molar-refractivity contribution in [2.24, 2.45) is 0 Å². The van der Waals surface area contributed by atoms with E-state index < -0.39 is 5.82 Å². The number of hydrogen-bond donors (Lipinski definition) is 1. The number of aryl methyl sites for hydroxylation is 1. The number of anilines is 1. The van der Waals surface area contributed by atoms with Crippen LogP contribution >= 0.6 is 15.9 Å². The molecule has 0 saturated carbocycles. The smallest absolute Gasteiger partial charge is 0.145 e. The van der Waals surface area contributed by atoms with Crippen molar-refractivity contribution in [3.8, 4) is 11.8 Å². The lowest BCUT2D eigenvalue weighted by molar-refractivity contribution is 0.299. The zero-order chi connectivity index (χ0) is 14.7. The third-order valence-corrected chi connectivity index (χ3v) is 3.28. The molecule has 0 atom stereocenters. The van der Waals surface area contributed by atoms with Crippen LogP contribution in [0.3, 0.4) is 0 Å². The minimum Gasteiger partial charge on any atom is -0.486 e. The van der Waals surface area contributed by atoms with Crippen molar-refractivity contribution in [3.63, 3.8) is 0 Å². The van der Waals surface area contributed by atoms with E-state index in [4.69, 9.17) is 15.7 Å². The van der Waals surface area contributed by atoms with Crippen LogP contribution in [0.15, 0.2) is 34.8 Å². The average molecular weight is 335 g/mol. The molecule has 0 aliphatic heterocycles. The molecule has 2 aromatic carbocycles. The first-order valence-corrected chi connectivity index (χ1v) is 6.67. The Morgan fingerprint density at radius 2 is 2.10 bits per heavy atom. The standard InChI is InChI=1S/C15H12BrFN2O/c1-9-4-12(16)6-14(19)15(9)20-8-11-3-2-10(7-18)5-13(11)17/h2-6H,8,19H2,1H3. The van der Waals surface area contributed by atoms with Crippen LogP contribution in [0, 0.1) is 24.1 Å². The van der Waals surface area contributed by atoms with E-state index in [1.54, 1.807) is 12.1 Å². The number of rotatable bonds is 3. The Morgan fingerprint density at radius 1 is 1.35 bits per heavy atom. The quantitative estimate of drug-likeness (QED) is 0.865. The molecule has 0 saturated heterocycles. The van der Waals surface area contributed by atoms with Crippen molar-refractivity contribution < 1.29 is 9.13 Å². The molecule has 5 heteroatoms. The van der Waals surface area contributed by atoms with Gasteiger partial charge in [0.15, 0.2) is 0 Å². The highest BCUT2D eigenvalue weighted by atomic mass is 79.9. The number of nitrogen functional groups attached to an aromatic ring is 1. The third kappa shape index (κ3) is 3.09. The number of ether oxygens (including phenoxy) is 1. The van der Waals surface area contributed by atoms with Crippen molar-refractivity contribution >= 4 is 21.6 Å². The normalized spacial score (nSPS) is 10.1. The highest BCUT2D eigenvalue weighted by Crippen LogP contribution is 2.30. The zero-order valence-corrected chi connectivity index (χ0v) is 12.4. The van der Waals surface area contributed by atoms with E-state index in [0.29, 0.717) is 17.0 Å². The molecule has 0 amide bonds. The van der Waals surface area contributed by atoms with Crippen LogP contribution in [0.5, 0.6) is 5.75 Å². The molecule has 0 aliphatic rings. The van der Waals surface area contributed by atoms with Gasteiger partial charge in [-0.1, -0.05) is 22.0 Å². The first-order valence-electron chi connectivity index (χ1n) is 5.88. The number of halogens is 2. The van der Waals surface area contributed by atoms with Gasteiger partial charge in [-0.25, -0.2) is 4.39 Å². The van der Waals surface area contributed by atoms with E-state index >= 15 is 0 Å². The zero-order valence-electron chi connectivity index (χ0n) is 10.8. The number of nitrogens with two attached hydrogens (primary N) is 1. The summed E-state index contributed by atoms with van der Waals surface area (Å²) < 4.78 is 20.2. The van der Waals surface area contributed by atoms with Gasteiger partial charge in [-0.15, -0.1) is 0 Å². The van der Waals surface area contributed by atoms with Crippen molar-refractivity contribution in [2.45, 2.75) is 13.5 Å². The lowest BCUT2D eigenvalue weighted by atomic mass is 10.1. The Balaban J connectivity index is 2.20. The topological polar surface area (TPSA) is 59.0 Å². The Hall–Kier alpha value is -2.06. The molecule has 0 aliphatic carbocycles. The molecule has 2 rings (SSSR count). The van der Waals surface area contributed by atoms with E-state index in [2.05, 4.69) is 15.9 Å². The summed E-state index contributed by atoms with van der Waals surface area (Å²) in [5, 5.41) is 8.69. The molecule has 2 aromatic rings. The van der Waals surface area contributed by atoms with Crippen molar-refractivity contribution in [1.82, 2.24) is 0 Å². The summed E-state index contributed by atoms with van der Waals surface area (Å²) in [5.41, 5.74) is 7.90. The molecule has 0 spiro atoms. The molecule has 0 heterocycles. The second kappa shape index (κ2) is 5.93. The molecule has 0 fully saturated rings. The molecule has 0 unspecified atom stereocenters. The summed E-state index contributed by atoms with van der Waals surface area (Å²) in [4.78, 5) is 0. The Labute approximate surface area is 124 Å². The van der Waals surface area contributed by atoms with Gasteiger partial charge in [0, 0.05) is 10.0 Å². The third-order valence-electron chi connectivity index (χ3n) is 2.82. The highest BCUT2D eigenvalue weighted by Gasteiger charge is 2.09. The van der Waals surface area contributed by atoms with Crippen LogP contribution in [-0.4, -0.2) is 0 Å². The first kappa shape index (κ1) is 14.4. The summed E-state index contributed by atoms with van der Waals surface area (Å²) in [5.74, 6) is 0.0781. The predicted octanol–water partition coefficient (Wildman–Crippen LogP) is 3.93.